The molecule has 2 rings (SSSR count). The second-order valence-electron chi connectivity index (χ2n) is 2.74. The van der Waals surface area contributed by atoms with Crippen molar-refractivity contribution < 1.29 is 13.2 Å². The Morgan fingerprint density at radius 3 is 2.60 bits per heavy atom. The average Bonchev–Trinajstić information content (AvgIpc) is 2.69. The zero-order valence-corrected chi connectivity index (χ0v) is 7.28. The Kier molecular flexibility index (Phi) is 2.14. The van der Waals surface area contributed by atoms with Gasteiger partial charge in [-0.3, -0.25) is 5.10 Å². The van der Waals surface area contributed by atoms with Crippen LogP contribution in [0.2, 0.25) is 0 Å². The van der Waals surface area contributed by atoms with Crippen molar-refractivity contribution in [2.45, 2.75) is 6.18 Å². The van der Waals surface area contributed by atoms with Crippen LogP contribution in [0.5, 0.6) is 0 Å². The van der Waals surface area contributed by atoms with E-state index in [-0.39, 0.29) is 11.5 Å². The molecular formula is C8H5F3N4. The van der Waals surface area contributed by atoms with Crippen molar-refractivity contribution in [1.29, 1.82) is 0 Å². The van der Waals surface area contributed by atoms with E-state index in [0.717, 1.165) is 6.07 Å². The van der Waals surface area contributed by atoms with Crippen LogP contribution in [0.3, 0.4) is 0 Å². The van der Waals surface area contributed by atoms with Crippen LogP contribution in [0, 0.1) is 0 Å². The molecule has 0 saturated heterocycles. The van der Waals surface area contributed by atoms with Crippen LogP contribution in [0.25, 0.3) is 11.5 Å². The maximum Gasteiger partial charge on any atom is 0.433 e. The van der Waals surface area contributed by atoms with Gasteiger partial charge in [-0.25, -0.2) is 9.97 Å². The highest BCUT2D eigenvalue weighted by atomic mass is 19.4. The first kappa shape index (κ1) is 9.63. The van der Waals surface area contributed by atoms with E-state index in [4.69, 9.17) is 0 Å². The molecule has 0 amide bonds. The van der Waals surface area contributed by atoms with Gasteiger partial charge in [-0.2, -0.15) is 18.3 Å². The molecule has 0 fully saturated rings. The average molecular weight is 214 g/mol. The normalized spacial score (nSPS) is 11.7. The number of nitrogens with one attached hydrogen (secondary N) is 1. The van der Waals surface area contributed by atoms with Gasteiger partial charge in [0.25, 0.3) is 0 Å². The van der Waals surface area contributed by atoms with Crippen LogP contribution in [0.4, 0.5) is 13.2 Å². The largest absolute Gasteiger partial charge is 0.433 e. The van der Waals surface area contributed by atoms with Crippen LogP contribution in [-0.2, 0) is 6.18 Å². The van der Waals surface area contributed by atoms with Gasteiger partial charge in [0, 0.05) is 0 Å². The number of H-pyrrole nitrogens is 1. The Morgan fingerprint density at radius 2 is 2.00 bits per heavy atom. The standard InChI is InChI=1S/C8H5F3N4/c9-8(10,11)6-3-1-2-5(14-6)7-12-4-13-15-7/h1-4H,(H,12,13,15). The topological polar surface area (TPSA) is 54.5 Å². The predicted molar refractivity (Wildman–Crippen MR) is 44.6 cm³/mol. The number of aromatic nitrogens is 4. The van der Waals surface area contributed by atoms with Crippen molar-refractivity contribution in [3.8, 4) is 11.5 Å². The molecule has 2 aromatic heterocycles. The molecule has 0 aliphatic heterocycles. The molecule has 0 unspecified atom stereocenters. The summed E-state index contributed by atoms with van der Waals surface area (Å²) in [6.07, 6.45) is -3.24. The predicted octanol–water partition coefficient (Wildman–Crippen LogP) is 1.89. The van der Waals surface area contributed by atoms with E-state index in [9.17, 15) is 13.2 Å². The number of hydrogen-bond donors (Lipinski definition) is 1. The van der Waals surface area contributed by atoms with Crippen molar-refractivity contribution in [1.82, 2.24) is 20.2 Å². The molecule has 0 aliphatic carbocycles. The van der Waals surface area contributed by atoms with Gasteiger partial charge in [-0.1, -0.05) is 6.07 Å². The zero-order chi connectivity index (χ0) is 10.9. The summed E-state index contributed by atoms with van der Waals surface area (Å²) < 4.78 is 36.9. The highest BCUT2D eigenvalue weighted by Crippen LogP contribution is 2.28. The summed E-state index contributed by atoms with van der Waals surface area (Å²) in [5.41, 5.74) is -0.835. The van der Waals surface area contributed by atoms with Crippen LogP contribution in [0.15, 0.2) is 24.5 Å². The number of nitrogens with zero attached hydrogens (tertiary/aromatic N) is 3. The molecule has 15 heavy (non-hydrogen) atoms. The van der Waals surface area contributed by atoms with Crippen LogP contribution >= 0.6 is 0 Å². The Bertz CT molecular complexity index is 449. The van der Waals surface area contributed by atoms with E-state index in [0.29, 0.717) is 0 Å². The monoisotopic (exact) mass is 214 g/mol. The number of hydrogen-bond acceptors (Lipinski definition) is 3. The lowest BCUT2D eigenvalue weighted by molar-refractivity contribution is -0.141. The molecule has 0 spiro atoms. The first-order chi connectivity index (χ1) is 7.07. The maximum absolute atomic E-state index is 12.3. The summed E-state index contributed by atoms with van der Waals surface area (Å²) >= 11 is 0. The summed E-state index contributed by atoms with van der Waals surface area (Å²) in [5, 5.41) is 5.97. The Labute approximate surface area is 82.2 Å². The lowest BCUT2D eigenvalue weighted by Crippen LogP contribution is -2.08. The molecule has 0 radical (unpaired) electrons. The molecule has 1 N–H and O–H groups in total. The van der Waals surface area contributed by atoms with Gasteiger partial charge in [0.2, 0.25) is 0 Å². The van der Waals surface area contributed by atoms with Crippen LogP contribution in [0.1, 0.15) is 5.69 Å². The van der Waals surface area contributed by atoms with Gasteiger partial charge in [-0.05, 0) is 12.1 Å². The van der Waals surface area contributed by atoms with E-state index >= 15 is 0 Å². The van der Waals surface area contributed by atoms with E-state index in [1.165, 1.54) is 18.5 Å². The SMILES string of the molecule is FC(F)(F)c1cccc(-c2ncn[nH]2)n1. The van der Waals surface area contributed by atoms with E-state index in [1.807, 2.05) is 0 Å². The smallest absolute Gasteiger partial charge is 0.258 e. The highest BCUT2D eigenvalue weighted by molar-refractivity contribution is 5.48. The Balaban J connectivity index is 2.44. The number of alkyl halides is 3. The third-order valence-corrected chi connectivity index (χ3v) is 1.70. The molecular weight excluding hydrogens is 209 g/mol. The third-order valence-electron chi connectivity index (χ3n) is 1.70. The number of pyridine rings is 1. The molecule has 2 aromatic rings. The van der Waals surface area contributed by atoms with Gasteiger partial charge in [-0.15, -0.1) is 0 Å². The molecule has 78 valence electrons. The quantitative estimate of drug-likeness (QED) is 0.788. The van der Waals surface area contributed by atoms with Crippen LogP contribution in [-0.4, -0.2) is 20.2 Å². The summed E-state index contributed by atoms with van der Waals surface area (Å²) in [6, 6.07) is 3.60. The first-order valence-electron chi connectivity index (χ1n) is 3.97. The Hall–Kier alpha value is -1.92. The first-order valence-corrected chi connectivity index (χ1v) is 3.97. The Morgan fingerprint density at radius 1 is 1.20 bits per heavy atom. The molecule has 0 saturated carbocycles. The van der Waals surface area contributed by atoms with Crippen LogP contribution < -0.4 is 0 Å². The van der Waals surface area contributed by atoms with Gasteiger partial charge in [0.15, 0.2) is 5.82 Å². The fourth-order valence-corrected chi connectivity index (χ4v) is 1.05. The number of rotatable bonds is 1. The second-order valence-corrected chi connectivity index (χ2v) is 2.74. The van der Waals surface area contributed by atoms with Crippen molar-refractivity contribution in [2.24, 2.45) is 0 Å². The van der Waals surface area contributed by atoms with E-state index < -0.39 is 11.9 Å². The molecule has 4 nitrogen and oxygen atoms in total. The lowest BCUT2D eigenvalue weighted by atomic mass is 10.3. The van der Waals surface area contributed by atoms with Crippen molar-refractivity contribution in [3.63, 3.8) is 0 Å². The molecule has 2 heterocycles. The summed E-state index contributed by atoms with van der Waals surface area (Å²) in [7, 11) is 0. The minimum Gasteiger partial charge on any atom is -0.258 e. The molecule has 0 aromatic carbocycles. The second kappa shape index (κ2) is 3.34. The maximum atomic E-state index is 12.3. The summed E-state index contributed by atoms with van der Waals surface area (Å²) in [6.45, 7) is 0. The van der Waals surface area contributed by atoms with Crippen molar-refractivity contribution >= 4 is 0 Å². The third kappa shape index (κ3) is 1.95. The lowest BCUT2D eigenvalue weighted by Gasteiger charge is -2.05. The molecule has 0 bridgehead atoms. The van der Waals surface area contributed by atoms with Crippen molar-refractivity contribution in [2.75, 3.05) is 0 Å². The minimum atomic E-state index is -4.45. The van der Waals surface area contributed by atoms with Gasteiger partial charge in [0.05, 0.1) is 0 Å². The van der Waals surface area contributed by atoms with Gasteiger partial charge >= 0.3 is 6.18 Å². The fraction of sp³-hybridized carbons (Fsp3) is 0.125. The molecule has 0 aliphatic rings. The zero-order valence-electron chi connectivity index (χ0n) is 7.28. The van der Waals surface area contributed by atoms with Gasteiger partial charge < -0.3 is 0 Å². The number of aromatic amines is 1. The van der Waals surface area contributed by atoms with E-state index in [2.05, 4.69) is 20.2 Å². The summed E-state index contributed by atoms with van der Waals surface area (Å²) in [5.74, 6) is 0.209. The molecule has 0 atom stereocenters. The fourth-order valence-electron chi connectivity index (χ4n) is 1.05. The summed E-state index contributed by atoms with van der Waals surface area (Å²) in [4.78, 5) is 7.14. The minimum absolute atomic E-state index is 0.113. The highest BCUT2D eigenvalue weighted by Gasteiger charge is 2.32. The number of halogens is 3. The molecule has 7 heteroatoms. The van der Waals surface area contributed by atoms with Crippen molar-refractivity contribution in [3.05, 3.63) is 30.2 Å². The van der Waals surface area contributed by atoms with Gasteiger partial charge in [0.1, 0.15) is 17.7 Å². The van der Waals surface area contributed by atoms with E-state index in [1.54, 1.807) is 0 Å².